The lowest BCUT2D eigenvalue weighted by molar-refractivity contribution is 0.301. The average Bonchev–Trinajstić information content (AvgIpc) is 2.71. The number of fused-ring (bicyclic) bond motifs is 1. The molecule has 2 aliphatic rings. The summed E-state index contributed by atoms with van der Waals surface area (Å²) in [6, 6.07) is 0. The molecule has 2 rings (SSSR count). The van der Waals surface area contributed by atoms with Gasteiger partial charge in [-0.25, -0.2) is 0 Å². The SMILES string of the molecule is CCCCC12CCCCC1C2C. The minimum Gasteiger partial charge on any atom is -0.0654 e. The van der Waals surface area contributed by atoms with Gasteiger partial charge in [-0.15, -0.1) is 0 Å². The van der Waals surface area contributed by atoms with Crippen LogP contribution in [0, 0.1) is 17.3 Å². The van der Waals surface area contributed by atoms with Crippen molar-refractivity contribution in [2.75, 3.05) is 0 Å². The van der Waals surface area contributed by atoms with Crippen molar-refractivity contribution in [3.8, 4) is 0 Å². The van der Waals surface area contributed by atoms with E-state index in [-0.39, 0.29) is 0 Å². The van der Waals surface area contributed by atoms with Crippen molar-refractivity contribution in [1.82, 2.24) is 0 Å². The Morgan fingerprint density at radius 3 is 2.83 bits per heavy atom. The molecule has 0 amide bonds. The van der Waals surface area contributed by atoms with Crippen LogP contribution in [-0.4, -0.2) is 0 Å². The molecule has 0 aromatic carbocycles. The van der Waals surface area contributed by atoms with E-state index in [9.17, 15) is 0 Å². The van der Waals surface area contributed by atoms with Crippen LogP contribution in [0.15, 0.2) is 0 Å². The van der Waals surface area contributed by atoms with Crippen molar-refractivity contribution >= 4 is 0 Å². The van der Waals surface area contributed by atoms with Gasteiger partial charge < -0.3 is 0 Å². The largest absolute Gasteiger partial charge is 0.0654 e. The summed E-state index contributed by atoms with van der Waals surface area (Å²) in [4.78, 5) is 0. The molecule has 0 aliphatic heterocycles. The molecular formula is C12H22. The number of hydrogen-bond donors (Lipinski definition) is 0. The minimum absolute atomic E-state index is 0.855. The zero-order chi connectivity index (χ0) is 8.60. The summed E-state index contributed by atoms with van der Waals surface area (Å²) >= 11 is 0. The lowest BCUT2D eigenvalue weighted by atomic mass is 9.84. The van der Waals surface area contributed by atoms with E-state index in [1.165, 1.54) is 32.1 Å². The maximum Gasteiger partial charge on any atom is -0.0238 e. The second kappa shape index (κ2) is 3.05. The predicted molar refractivity (Wildman–Crippen MR) is 53.1 cm³/mol. The third kappa shape index (κ3) is 1.11. The molecule has 12 heavy (non-hydrogen) atoms. The number of rotatable bonds is 3. The van der Waals surface area contributed by atoms with E-state index in [0.717, 1.165) is 17.3 Å². The quantitative estimate of drug-likeness (QED) is 0.594. The van der Waals surface area contributed by atoms with Gasteiger partial charge in [0.1, 0.15) is 0 Å². The van der Waals surface area contributed by atoms with E-state index in [1.54, 1.807) is 12.8 Å². The molecule has 0 radical (unpaired) electrons. The summed E-state index contributed by atoms with van der Waals surface area (Å²) in [6.45, 7) is 4.81. The van der Waals surface area contributed by atoms with Crippen LogP contribution in [0.2, 0.25) is 0 Å². The Morgan fingerprint density at radius 2 is 2.17 bits per heavy atom. The molecule has 0 aromatic rings. The average molecular weight is 166 g/mol. The van der Waals surface area contributed by atoms with Crippen LogP contribution < -0.4 is 0 Å². The van der Waals surface area contributed by atoms with Crippen LogP contribution in [0.1, 0.15) is 58.8 Å². The van der Waals surface area contributed by atoms with Crippen LogP contribution in [0.3, 0.4) is 0 Å². The standard InChI is InChI=1S/C12H22/c1-3-4-8-12-9-6-5-7-11(12)10(12)2/h10-11H,3-9H2,1-2H3. The van der Waals surface area contributed by atoms with Gasteiger partial charge in [-0.1, -0.05) is 39.5 Å². The van der Waals surface area contributed by atoms with Gasteiger partial charge in [0, 0.05) is 0 Å². The van der Waals surface area contributed by atoms with Crippen molar-refractivity contribution in [1.29, 1.82) is 0 Å². The second-order valence-corrected chi connectivity index (χ2v) is 4.98. The first-order valence-corrected chi connectivity index (χ1v) is 5.81. The zero-order valence-electron chi connectivity index (χ0n) is 8.60. The fraction of sp³-hybridized carbons (Fsp3) is 1.00. The van der Waals surface area contributed by atoms with Gasteiger partial charge in [0.25, 0.3) is 0 Å². The van der Waals surface area contributed by atoms with Gasteiger partial charge in [-0.05, 0) is 36.5 Å². The molecule has 0 bridgehead atoms. The summed E-state index contributed by atoms with van der Waals surface area (Å²) in [5.41, 5.74) is 0.855. The Labute approximate surface area is 76.7 Å². The smallest absolute Gasteiger partial charge is 0.0238 e. The zero-order valence-corrected chi connectivity index (χ0v) is 8.60. The van der Waals surface area contributed by atoms with Crippen LogP contribution in [0.25, 0.3) is 0 Å². The summed E-state index contributed by atoms with van der Waals surface area (Å²) < 4.78 is 0. The highest BCUT2D eigenvalue weighted by molar-refractivity contribution is 5.09. The topological polar surface area (TPSA) is 0 Å². The van der Waals surface area contributed by atoms with E-state index in [4.69, 9.17) is 0 Å². The maximum absolute atomic E-state index is 2.49. The van der Waals surface area contributed by atoms with E-state index in [0.29, 0.717) is 0 Å². The molecule has 0 heterocycles. The third-order valence-electron chi connectivity index (χ3n) is 4.54. The van der Waals surface area contributed by atoms with E-state index in [1.807, 2.05) is 0 Å². The summed E-state index contributed by atoms with van der Waals surface area (Å²) in [5.74, 6) is 2.21. The molecular weight excluding hydrogens is 144 g/mol. The first-order valence-electron chi connectivity index (χ1n) is 5.81. The first kappa shape index (κ1) is 8.59. The second-order valence-electron chi connectivity index (χ2n) is 4.98. The third-order valence-corrected chi connectivity index (χ3v) is 4.54. The lowest BCUT2D eigenvalue weighted by Gasteiger charge is -2.21. The van der Waals surface area contributed by atoms with E-state index >= 15 is 0 Å². The highest BCUT2D eigenvalue weighted by atomic mass is 14.6. The molecule has 3 atom stereocenters. The molecule has 0 N–H and O–H groups in total. The van der Waals surface area contributed by atoms with Gasteiger partial charge in [-0.3, -0.25) is 0 Å². The fourth-order valence-corrected chi connectivity index (χ4v) is 3.62. The van der Waals surface area contributed by atoms with Crippen LogP contribution in [-0.2, 0) is 0 Å². The van der Waals surface area contributed by atoms with Crippen molar-refractivity contribution in [3.63, 3.8) is 0 Å². The van der Waals surface area contributed by atoms with Gasteiger partial charge in [0.05, 0.1) is 0 Å². The van der Waals surface area contributed by atoms with Crippen LogP contribution >= 0.6 is 0 Å². The van der Waals surface area contributed by atoms with Crippen molar-refractivity contribution in [2.24, 2.45) is 17.3 Å². The fourth-order valence-electron chi connectivity index (χ4n) is 3.62. The molecule has 2 fully saturated rings. The van der Waals surface area contributed by atoms with Crippen molar-refractivity contribution in [2.45, 2.75) is 58.8 Å². The van der Waals surface area contributed by atoms with E-state index < -0.39 is 0 Å². The number of hydrogen-bond acceptors (Lipinski definition) is 0. The summed E-state index contributed by atoms with van der Waals surface area (Å²) in [6.07, 6.45) is 10.5. The lowest BCUT2D eigenvalue weighted by Crippen LogP contribution is -2.09. The van der Waals surface area contributed by atoms with E-state index in [2.05, 4.69) is 13.8 Å². The Kier molecular flexibility index (Phi) is 2.18. The summed E-state index contributed by atoms with van der Waals surface area (Å²) in [7, 11) is 0. The highest BCUT2D eigenvalue weighted by Crippen LogP contribution is 2.68. The molecule has 0 saturated heterocycles. The maximum atomic E-state index is 2.49. The van der Waals surface area contributed by atoms with Gasteiger partial charge in [0.2, 0.25) is 0 Å². The van der Waals surface area contributed by atoms with Crippen LogP contribution in [0.4, 0.5) is 0 Å². The predicted octanol–water partition coefficient (Wildman–Crippen LogP) is 4.00. The van der Waals surface area contributed by atoms with Gasteiger partial charge >= 0.3 is 0 Å². The van der Waals surface area contributed by atoms with Gasteiger partial charge in [0.15, 0.2) is 0 Å². The van der Waals surface area contributed by atoms with Gasteiger partial charge in [-0.2, -0.15) is 0 Å². The Bertz CT molecular complexity index is 161. The normalized spacial score (nSPS) is 45.5. The van der Waals surface area contributed by atoms with Crippen molar-refractivity contribution < 1.29 is 0 Å². The highest BCUT2D eigenvalue weighted by Gasteiger charge is 2.60. The molecule has 70 valence electrons. The molecule has 0 spiro atoms. The monoisotopic (exact) mass is 166 g/mol. The summed E-state index contributed by atoms with van der Waals surface area (Å²) in [5, 5.41) is 0. The number of unbranched alkanes of at least 4 members (excludes halogenated alkanes) is 1. The minimum atomic E-state index is 0.855. The Hall–Kier alpha value is 0. The Balaban J connectivity index is 1.92. The molecule has 2 saturated carbocycles. The molecule has 2 aliphatic carbocycles. The van der Waals surface area contributed by atoms with Crippen molar-refractivity contribution in [3.05, 3.63) is 0 Å². The first-order chi connectivity index (χ1) is 5.81. The molecule has 0 nitrogen and oxygen atoms in total. The molecule has 0 heteroatoms. The van der Waals surface area contributed by atoms with Crippen LogP contribution in [0.5, 0.6) is 0 Å². The molecule has 3 unspecified atom stereocenters. The Morgan fingerprint density at radius 1 is 1.33 bits per heavy atom. The molecule has 0 aromatic heterocycles.